The minimum Gasteiger partial charge on any atom is -0.336 e. The fraction of sp³-hybridized carbons (Fsp3) is 0.533. The zero-order valence-electron chi connectivity index (χ0n) is 11.1. The van der Waals surface area contributed by atoms with Gasteiger partial charge in [-0.05, 0) is 44.2 Å². The fourth-order valence-electron chi connectivity index (χ4n) is 2.66. The molecule has 0 aliphatic carbocycles. The maximum atomic E-state index is 14.0. The van der Waals surface area contributed by atoms with Gasteiger partial charge in [0, 0.05) is 12.6 Å². The first-order chi connectivity index (χ1) is 8.65. The second-order valence-electron chi connectivity index (χ2n) is 4.99. The summed E-state index contributed by atoms with van der Waals surface area (Å²) >= 11 is 0. The van der Waals surface area contributed by atoms with E-state index < -0.39 is 0 Å². The normalized spacial score (nSPS) is 19.9. The molecule has 98 valence electrons. The van der Waals surface area contributed by atoms with E-state index in [9.17, 15) is 9.18 Å². The second kappa shape index (κ2) is 5.51. The summed E-state index contributed by atoms with van der Waals surface area (Å²) < 4.78 is 14.0. The number of rotatable bonds is 2. The van der Waals surface area contributed by atoms with Gasteiger partial charge in [0.05, 0.1) is 5.56 Å². The third-order valence-corrected chi connectivity index (χ3v) is 3.78. The van der Waals surface area contributed by atoms with Crippen LogP contribution in [0.2, 0.25) is 0 Å². The number of halogens is 1. The summed E-state index contributed by atoms with van der Waals surface area (Å²) in [6, 6.07) is 5.30. The molecule has 0 aromatic heterocycles. The molecule has 1 heterocycles. The fourth-order valence-corrected chi connectivity index (χ4v) is 2.66. The largest absolute Gasteiger partial charge is 0.336 e. The molecule has 1 amide bonds. The maximum absolute atomic E-state index is 14.0. The molecule has 1 fully saturated rings. The van der Waals surface area contributed by atoms with Gasteiger partial charge < -0.3 is 4.90 Å². The van der Waals surface area contributed by atoms with Crippen molar-refractivity contribution in [2.75, 3.05) is 6.54 Å². The molecular formula is C15H20FNO. The Morgan fingerprint density at radius 2 is 2.22 bits per heavy atom. The molecule has 1 aliphatic rings. The van der Waals surface area contributed by atoms with Crippen LogP contribution in [0, 0.1) is 12.7 Å². The number of nitrogens with zero attached hydrogens (tertiary/aromatic N) is 1. The Hall–Kier alpha value is -1.38. The monoisotopic (exact) mass is 249 g/mol. The number of aryl methyl sites for hydroxylation is 1. The molecule has 1 aliphatic heterocycles. The molecule has 1 unspecified atom stereocenters. The average Bonchev–Trinajstić information content (AvgIpc) is 2.41. The first-order valence-electron chi connectivity index (χ1n) is 6.71. The lowest BCUT2D eigenvalue weighted by Crippen LogP contribution is -2.43. The molecule has 1 saturated heterocycles. The number of benzene rings is 1. The summed E-state index contributed by atoms with van der Waals surface area (Å²) in [7, 11) is 0. The first-order valence-corrected chi connectivity index (χ1v) is 6.71. The van der Waals surface area contributed by atoms with Gasteiger partial charge in [-0.3, -0.25) is 4.79 Å². The van der Waals surface area contributed by atoms with Gasteiger partial charge in [0.2, 0.25) is 0 Å². The van der Waals surface area contributed by atoms with Crippen molar-refractivity contribution in [3.63, 3.8) is 0 Å². The second-order valence-corrected chi connectivity index (χ2v) is 4.99. The van der Waals surface area contributed by atoms with Crippen molar-refractivity contribution in [2.45, 2.75) is 45.6 Å². The van der Waals surface area contributed by atoms with Gasteiger partial charge in [0.1, 0.15) is 5.82 Å². The summed E-state index contributed by atoms with van der Waals surface area (Å²) in [6.07, 6.45) is 4.17. The SMILES string of the molecule is CCC1CCCCN1C(=O)c1cccc(C)c1F. The van der Waals surface area contributed by atoms with E-state index in [0.717, 1.165) is 25.8 Å². The van der Waals surface area contributed by atoms with E-state index in [1.165, 1.54) is 6.42 Å². The van der Waals surface area contributed by atoms with Gasteiger partial charge >= 0.3 is 0 Å². The van der Waals surface area contributed by atoms with E-state index in [1.807, 2.05) is 4.90 Å². The lowest BCUT2D eigenvalue weighted by Gasteiger charge is -2.35. The molecule has 3 heteroatoms. The van der Waals surface area contributed by atoms with Crippen molar-refractivity contribution >= 4 is 5.91 Å². The van der Waals surface area contributed by atoms with Crippen molar-refractivity contribution in [2.24, 2.45) is 0 Å². The van der Waals surface area contributed by atoms with Crippen LogP contribution < -0.4 is 0 Å². The molecule has 0 saturated carbocycles. The Labute approximate surface area is 108 Å². The van der Waals surface area contributed by atoms with Crippen molar-refractivity contribution in [1.29, 1.82) is 0 Å². The summed E-state index contributed by atoms with van der Waals surface area (Å²) in [5.41, 5.74) is 0.751. The minimum absolute atomic E-state index is 0.150. The van der Waals surface area contributed by atoms with E-state index in [1.54, 1.807) is 25.1 Å². The Bertz CT molecular complexity index is 444. The molecule has 18 heavy (non-hydrogen) atoms. The highest BCUT2D eigenvalue weighted by Gasteiger charge is 2.27. The Morgan fingerprint density at radius 1 is 1.44 bits per heavy atom. The molecule has 2 rings (SSSR count). The molecule has 0 radical (unpaired) electrons. The van der Waals surface area contributed by atoms with E-state index in [0.29, 0.717) is 5.56 Å². The smallest absolute Gasteiger partial charge is 0.257 e. The number of carbonyl (C=O) groups is 1. The molecule has 0 spiro atoms. The van der Waals surface area contributed by atoms with E-state index in [-0.39, 0.29) is 23.3 Å². The van der Waals surface area contributed by atoms with Crippen LogP contribution in [0.3, 0.4) is 0 Å². The number of carbonyl (C=O) groups excluding carboxylic acids is 1. The van der Waals surface area contributed by atoms with Gasteiger partial charge in [0.15, 0.2) is 0 Å². The zero-order chi connectivity index (χ0) is 13.1. The lowest BCUT2D eigenvalue weighted by atomic mass is 9.98. The summed E-state index contributed by atoms with van der Waals surface area (Å²) in [6.45, 7) is 4.53. The Balaban J connectivity index is 2.27. The van der Waals surface area contributed by atoms with Crippen LogP contribution >= 0.6 is 0 Å². The van der Waals surface area contributed by atoms with Gasteiger partial charge in [-0.15, -0.1) is 0 Å². The molecule has 1 aromatic rings. The predicted molar refractivity (Wildman–Crippen MR) is 70.1 cm³/mol. The van der Waals surface area contributed by atoms with Crippen LogP contribution in [0.25, 0.3) is 0 Å². The van der Waals surface area contributed by atoms with Crippen LogP contribution in [0.4, 0.5) is 4.39 Å². The van der Waals surface area contributed by atoms with E-state index >= 15 is 0 Å². The van der Waals surface area contributed by atoms with Crippen molar-refractivity contribution in [3.8, 4) is 0 Å². The van der Waals surface area contributed by atoms with Crippen LogP contribution in [0.15, 0.2) is 18.2 Å². The highest BCUT2D eigenvalue weighted by atomic mass is 19.1. The van der Waals surface area contributed by atoms with Crippen molar-refractivity contribution in [1.82, 2.24) is 4.90 Å². The quantitative estimate of drug-likeness (QED) is 0.785. The van der Waals surface area contributed by atoms with Crippen molar-refractivity contribution in [3.05, 3.63) is 35.1 Å². The standard InChI is InChI=1S/C15H20FNO/c1-3-12-8-4-5-10-17(12)15(18)13-9-6-7-11(2)14(13)16/h6-7,9,12H,3-5,8,10H2,1-2H3. The van der Waals surface area contributed by atoms with Crippen LogP contribution in [-0.2, 0) is 0 Å². The van der Waals surface area contributed by atoms with Crippen LogP contribution in [0.5, 0.6) is 0 Å². The molecular weight excluding hydrogens is 229 g/mol. The summed E-state index contributed by atoms with van der Waals surface area (Å²) in [4.78, 5) is 14.3. The van der Waals surface area contributed by atoms with Gasteiger partial charge in [-0.1, -0.05) is 19.1 Å². The highest BCUT2D eigenvalue weighted by molar-refractivity contribution is 5.95. The van der Waals surface area contributed by atoms with Crippen LogP contribution in [-0.4, -0.2) is 23.4 Å². The summed E-state index contributed by atoms with van der Waals surface area (Å²) in [5.74, 6) is -0.523. The zero-order valence-corrected chi connectivity index (χ0v) is 11.1. The Kier molecular flexibility index (Phi) is 4.00. The van der Waals surface area contributed by atoms with E-state index in [4.69, 9.17) is 0 Å². The molecule has 1 atom stereocenters. The number of piperidine rings is 1. The van der Waals surface area contributed by atoms with Crippen molar-refractivity contribution < 1.29 is 9.18 Å². The number of amides is 1. The maximum Gasteiger partial charge on any atom is 0.257 e. The average molecular weight is 249 g/mol. The summed E-state index contributed by atoms with van der Waals surface area (Å²) in [5, 5.41) is 0. The predicted octanol–water partition coefficient (Wildman–Crippen LogP) is 3.54. The molecule has 1 aromatic carbocycles. The number of hydrogen-bond donors (Lipinski definition) is 0. The third-order valence-electron chi connectivity index (χ3n) is 3.78. The number of likely N-dealkylation sites (tertiary alicyclic amines) is 1. The lowest BCUT2D eigenvalue weighted by molar-refractivity contribution is 0.0603. The third kappa shape index (κ3) is 2.40. The molecule has 2 nitrogen and oxygen atoms in total. The van der Waals surface area contributed by atoms with Crippen LogP contribution in [0.1, 0.15) is 48.5 Å². The topological polar surface area (TPSA) is 20.3 Å². The molecule has 0 bridgehead atoms. The van der Waals surface area contributed by atoms with E-state index in [2.05, 4.69) is 6.92 Å². The minimum atomic E-state index is -0.372. The highest BCUT2D eigenvalue weighted by Crippen LogP contribution is 2.23. The molecule has 0 N–H and O–H groups in total. The van der Waals surface area contributed by atoms with Gasteiger partial charge in [-0.2, -0.15) is 0 Å². The Morgan fingerprint density at radius 3 is 2.94 bits per heavy atom. The van der Waals surface area contributed by atoms with Gasteiger partial charge in [-0.25, -0.2) is 4.39 Å². The first kappa shape index (κ1) is 13.1. The number of hydrogen-bond acceptors (Lipinski definition) is 1. The van der Waals surface area contributed by atoms with Gasteiger partial charge in [0.25, 0.3) is 5.91 Å².